The first-order valence-corrected chi connectivity index (χ1v) is 15.1. The smallest absolute Gasteiger partial charge is 0.410 e. The lowest BCUT2D eigenvalue weighted by Gasteiger charge is -2.31. The molecule has 0 unspecified atom stereocenters. The van der Waals surface area contributed by atoms with E-state index in [9.17, 15) is 20.1 Å². The SMILES string of the molecule is Cc1cc(C#N)cc(C)c1Oc1nc(Nc2ccccc2C#N)nc2c1CCN(C(=O)[C@H]1CCCN1C(=O)OC(C)(C)C)CC2. The number of fused-ring (bicyclic) bond motifs is 1. The topological polar surface area (TPSA) is 144 Å². The maximum atomic E-state index is 13.8. The standard InChI is InChI=1S/C34H37N7O4/c1-21-17-23(19-35)18-22(2)29(21)44-30-25-12-15-40(31(42)28-11-8-14-41(28)33(43)45-34(3,4)5)16-13-27(25)38-32(39-30)37-26-10-7-6-9-24(26)20-36/h6-7,9-10,17-18,28H,8,11-16H2,1-5H3,(H,37,38,39)/t28-/m1/s1. The van der Waals surface area contributed by atoms with Crippen LogP contribution in [0.2, 0.25) is 0 Å². The Hall–Kier alpha value is -5.16. The number of likely N-dealkylation sites (tertiary alicyclic amines) is 1. The number of para-hydroxylation sites is 1. The molecule has 3 aromatic rings. The van der Waals surface area contributed by atoms with Crippen LogP contribution in [-0.4, -0.2) is 63.0 Å². The highest BCUT2D eigenvalue weighted by atomic mass is 16.6. The Morgan fingerprint density at radius 2 is 1.71 bits per heavy atom. The van der Waals surface area contributed by atoms with E-state index in [0.29, 0.717) is 67.3 Å². The third kappa shape index (κ3) is 6.99. The molecule has 3 heterocycles. The molecule has 2 amide bonds. The number of aryl methyl sites for hydroxylation is 2. The second kappa shape index (κ2) is 12.8. The molecule has 0 radical (unpaired) electrons. The number of nitriles is 2. The first kappa shape index (κ1) is 31.3. The minimum atomic E-state index is -0.655. The quantitative estimate of drug-likeness (QED) is 0.386. The number of aromatic nitrogens is 2. The van der Waals surface area contributed by atoms with Crippen LogP contribution in [-0.2, 0) is 22.4 Å². The van der Waals surface area contributed by atoms with Crippen LogP contribution in [0.3, 0.4) is 0 Å². The largest absolute Gasteiger partial charge is 0.444 e. The first-order valence-electron chi connectivity index (χ1n) is 15.1. The van der Waals surface area contributed by atoms with E-state index in [4.69, 9.17) is 19.4 Å². The number of nitrogens with one attached hydrogen (secondary N) is 1. The summed E-state index contributed by atoms with van der Waals surface area (Å²) in [5, 5.41) is 22.2. The van der Waals surface area contributed by atoms with Crippen LogP contribution in [0, 0.1) is 36.5 Å². The number of nitrogens with zero attached hydrogens (tertiary/aromatic N) is 6. The van der Waals surface area contributed by atoms with Crippen molar-refractivity contribution < 1.29 is 19.1 Å². The van der Waals surface area contributed by atoms with Crippen molar-refractivity contribution in [3.63, 3.8) is 0 Å². The number of amides is 2. The highest BCUT2D eigenvalue weighted by Gasteiger charge is 2.39. The van der Waals surface area contributed by atoms with Crippen LogP contribution in [0.1, 0.15) is 67.1 Å². The van der Waals surface area contributed by atoms with Crippen molar-refractivity contribution in [2.75, 3.05) is 25.0 Å². The number of benzene rings is 2. The summed E-state index contributed by atoms with van der Waals surface area (Å²) in [7, 11) is 0. The second-order valence-corrected chi connectivity index (χ2v) is 12.4. The predicted octanol–water partition coefficient (Wildman–Crippen LogP) is 5.70. The Morgan fingerprint density at radius 3 is 2.40 bits per heavy atom. The van der Waals surface area contributed by atoms with Crippen LogP contribution < -0.4 is 10.1 Å². The minimum Gasteiger partial charge on any atom is -0.444 e. The average molecular weight is 608 g/mol. The summed E-state index contributed by atoms with van der Waals surface area (Å²) in [6, 6.07) is 14.4. The van der Waals surface area contributed by atoms with Crippen LogP contribution in [0.25, 0.3) is 0 Å². The van der Waals surface area contributed by atoms with Gasteiger partial charge in [0.1, 0.15) is 23.5 Å². The van der Waals surface area contributed by atoms with Gasteiger partial charge in [0.05, 0.1) is 28.6 Å². The Balaban J connectivity index is 1.45. The number of anilines is 2. The zero-order valence-electron chi connectivity index (χ0n) is 26.3. The van der Waals surface area contributed by atoms with Gasteiger partial charge in [-0.1, -0.05) is 12.1 Å². The van der Waals surface area contributed by atoms with E-state index in [1.165, 1.54) is 0 Å². The van der Waals surface area contributed by atoms with Gasteiger partial charge in [-0.05, 0) is 89.3 Å². The van der Waals surface area contributed by atoms with Gasteiger partial charge in [0.25, 0.3) is 0 Å². The van der Waals surface area contributed by atoms with Crippen LogP contribution >= 0.6 is 0 Å². The highest BCUT2D eigenvalue weighted by molar-refractivity contribution is 5.86. The number of carbonyl (C=O) groups excluding carboxylic acids is 2. The second-order valence-electron chi connectivity index (χ2n) is 12.4. The molecule has 0 aliphatic carbocycles. The Morgan fingerprint density at radius 1 is 1.00 bits per heavy atom. The third-order valence-electron chi connectivity index (χ3n) is 7.86. The van der Waals surface area contributed by atoms with Gasteiger partial charge in [-0.15, -0.1) is 0 Å². The monoisotopic (exact) mass is 607 g/mol. The van der Waals surface area contributed by atoms with Crippen LogP contribution in [0.5, 0.6) is 11.6 Å². The summed E-state index contributed by atoms with van der Waals surface area (Å²) >= 11 is 0. The van der Waals surface area contributed by atoms with Crippen molar-refractivity contribution in [1.29, 1.82) is 10.5 Å². The molecule has 1 aromatic heterocycles. The number of rotatable bonds is 5. The van der Waals surface area contributed by atoms with Crippen molar-refractivity contribution in [3.8, 4) is 23.8 Å². The molecule has 1 fully saturated rings. The summed E-state index contributed by atoms with van der Waals surface area (Å²) in [4.78, 5) is 39.6. The van der Waals surface area contributed by atoms with E-state index < -0.39 is 17.7 Å². The molecule has 0 bridgehead atoms. The molecule has 1 N–H and O–H groups in total. The molecule has 45 heavy (non-hydrogen) atoms. The average Bonchev–Trinajstić information content (AvgIpc) is 3.39. The molecular weight excluding hydrogens is 570 g/mol. The maximum Gasteiger partial charge on any atom is 0.410 e. The van der Waals surface area contributed by atoms with Crippen LogP contribution in [0.15, 0.2) is 36.4 Å². The molecule has 232 valence electrons. The van der Waals surface area contributed by atoms with Gasteiger partial charge < -0.3 is 19.7 Å². The molecule has 2 aromatic carbocycles. The van der Waals surface area contributed by atoms with Gasteiger partial charge in [-0.2, -0.15) is 15.5 Å². The molecule has 1 atom stereocenters. The molecule has 0 spiro atoms. The summed E-state index contributed by atoms with van der Waals surface area (Å²) in [5.74, 6) is 1.09. The highest BCUT2D eigenvalue weighted by Crippen LogP contribution is 2.34. The minimum absolute atomic E-state index is 0.110. The molecule has 0 saturated carbocycles. The number of carbonyl (C=O) groups is 2. The predicted molar refractivity (Wildman–Crippen MR) is 167 cm³/mol. The molecule has 2 aliphatic heterocycles. The maximum absolute atomic E-state index is 13.8. The lowest BCUT2D eigenvalue weighted by atomic mass is 10.1. The van der Waals surface area contributed by atoms with Crippen LogP contribution in [0.4, 0.5) is 16.4 Å². The molecule has 5 rings (SSSR count). The van der Waals surface area contributed by atoms with Gasteiger partial charge in [-0.25, -0.2) is 9.78 Å². The molecule has 2 aliphatic rings. The Bertz CT molecular complexity index is 1690. The fourth-order valence-electron chi connectivity index (χ4n) is 5.78. The van der Waals surface area contributed by atoms with Gasteiger partial charge in [0, 0.05) is 31.6 Å². The third-order valence-corrected chi connectivity index (χ3v) is 7.86. The van der Waals surface area contributed by atoms with Gasteiger partial charge in [-0.3, -0.25) is 9.69 Å². The summed E-state index contributed by atoms with van der Waals surface area (Å²) in [6.07, 6.45) is 1.73. The summed E-state index contributed by atoms with van der Waals surface area (Å²) < 4.78 is 12.1. The molecule has 11 nitrogen and oxygen atoms in total. The van der Waals surface area contributed by atoms with Crippen molar-refractivity contribution in [2.24, 2.45) is 0 Å². The fraction of sp³-hybridized carbons (Fsp3) is 0.412. The lowest BCUT2D eigenvalue weighted by Crippen LogP contribution is -2.49. The van der Waals surface area contributed by atoms with Crippen molar-refractivity contribution in [3.05, 3.63) is 69.9 Å². The van der Waals surface area contributed by atoms with Crippen molar-refractivity contribution in [1.82, 2.24) is 19.8 Å². The van der Waals surface area contributed by atoms with E-state index in [-0.39, 0.29) is 11.9 Å². The molecular formula is C34H37N7O4. The molecule has 1 saturated heterocycles. The summed E-state index contributed by atoms with van der Waals surface area (Å²) in [5.41, 5.74) is 3.97. The molecule has 11 heteroatoms. The van der Waals surface area contributed by atoms with E-state index in [0.717, 1.165) is 28.8 Å². The van der Waals surface area contributed by atoms with E-state index in [2.05, 4.69) is 17.5 Å². The summed E-state index contributed by atoms with van der Waals surface area (Å²) in [6.45, 7) is 10.5. The van der Waals surface area contributed by atoms with Gasteiger partial charge in [0.15, 0.2) is 0 Å². The van der Waals surface area contributed by atoms with Gasteiger partial charge in [0.2, 0.25) is 17.7 Å². The van der Waals surface area contributed by atoms with Gasteiger partial charge >= 0.3 is 6.09 Å². The zero-order chi connectivity index (χ0) is 32.3. The fourth-order valence-corrected chi connectivity index (χ4v) is 5.78. The van der Waals surface area contributed by atoms with E-state index >= 15 is 0 Å². The number of hydrogen-bond donors (Lipinski definition) is 1. The first-order chi connectivity index (χ1) is 21.5. The number of ether oxygens (including phenoxy) is 2. The van der Waals surface area contributed by atoms with Crippen molar-refractivity contribution >= 4 is 23.6 Å². The van der Waals surface area contributed by atoms with E-state index in [1.807, 2.05) is 40.7 Å². The zero-order valence-corrected chi connectivity index (χ0v) is 26.3. The van der Waals surface area contributed by atoms with Crippen molar-refractivity contribution in [2.45, 2.75) is 71.9 Å². The lowest BCUT2D eigenvalue weighted by molar-refractivity contribution is -0.135. The Labute approximate surface area is 263 Å². The van der Waals surface area contributed by atoms with E-state index in [1.54, 1.807) is 40.1 Å². The number of hydrogen-bond acceptors (Lipinski definition) is 9. The normalized spacial score (nSPS) is 16.2. The Kier molecular flexibility index (Phi) is 8.92.